The molecule has 0 spiro atoms. The lowest BCUT2D eigenvalue weighted by atomic mass is 9.88. The minimum absolute atomic E-state index is 0.0668. The standard InChI is InChI=1S/C24H23IN4O3/c1-31-21-14-16(13-19(25)22(21)32-12-11-26)15-27-29-23(17-7-3-2-4-8-17)28-20-10-6-5-9-18(20)24(29)30/h5-6,9-10,13-15,17H,2-4,7-8,12H2,1H3. The smallest absolute Gasteiger partial charge is 0.282 e. The Kier molecular flexibility index (Phi) is 7.05. The number of hydrogen-bond donors (Lipinski definition) is 0. The van der Waals surface area contributed by atoms with Crippen LogP contribution in [0.25, 0.3) is 10.9 Å². The van der Waals surface area contributed by atoms with Crippen LogP contribution in [0.4, 0.5) is 0 Å². The van der Waals surface area contributed by atoms with E-state index in [9.17, 15) is 4.79 Å². The van der Waals surface area contributed by atoms with Crippen molar-refractivity contribution in [2.45, 2.75) is 38.0 Å². The Labute approximate surface area is 199 Å². The number of nitrogens with zero attached hydrogens (tertiary/aromatic N) is 4. The molecule has 1 aliphatic carbocycles. The summed E-state index contributed by atoms with van der Waals surface area (Å²) in [6.45, 7) is -0.0668. The normalized spacial score (nSPS) is 14.5. The van der Waals surface area contributed by atoms with Gasteiger partial charge in [-0.05, 0) is 65.3 Å². The Balaban J connectivity index is 1.78. The topological polar surface area (TPSA) is 89.5 Å². The second kappa shape index (κ2) is 10.1. The molecular formula is C24H23IN4O3. The molecule has 1 saturated carbocycles. The molecule has 1 aromatic heterocycles. The molecule has 0 atom stereocenters. The number of para-hydroxylation sites is 1. The Morgan fingerprint density at radius 3 is 2.81 bits per heavy atom. The number of aromatic nitrogens is 2. The monoisotopic (exact) mass is 542 g/mol. The number of hydrogen-bond acceptors (Lipinski definition) is 6. The predicted octanol–water partition coefficient (Wildman–Crippen LogP) is 4.84. The lowest BCUT2D eigenvalue weighted by Crippen LogP contribution is -2.25. The van der Waals surface area contributed by atoms with Gasteiger partial charge in [-0.1, -0.05) is 31.4 Å². The largest absolute Gasteiger partial charge is 0.493 e. The van der Waals surface area contributed by atoms with E-state index in [1.165, 1.54) is 11.1 Å². The van der Waals surface area contributed by atoms with Gasteiger partial charge in [0.1, 0.15) is 11.9 Å². The van der Waals surface area contributed by atoms with E-state index in [1.54, 1.807) is 25.5 Å². The van der Waals surface area contributed by atoms with Crippen molar-refractivity contribution in [2.75, 3.05) is 13.7 Å². The minimum Gasteiger partial charge on any atom is -0.493 e. The predicted molar refractivity (Wildman–Crippen MR) is 132 cm³/mol. The van der Waals surface area contributed by atoms with Crippen molar-refractivity contribution in [3.63, 3.8) is 0 Å². The fourth-order valence-corrected chi connectivity index (χ4v) is 4.84. The van der Waals surface area contributed by atoms with E-state index in [0.717, 1.165) is 40.6 Å². The van der Waals surface area contributed by atoms with Gasteiger partial charge < -0.3 is 9.47 Å². The number of nitriles is 1. The van der Waals surface area contributed by atoms with Crippen LogP contribution in [0, 0.1) is 14.9 Å². The molecule has 4 rings (SSSR count). The van der Waals surface area contributed by atoms with Crippen molar-refractivity contribution < 1.29 is 9.47 Å². The summed E-state index contributed by atoms with van der Waals surface area (Å²) in [5.74, 6) is 1.96. The summed E-state index contributed by atoms with van der Waals surface area (Å²) in [6, 6.07) is 13.0. The maximum atomic E-state index is 13.3. The fourth-order valence-electron chi connectivity index (χ4n) is 4.06. The number of methoxy groups -OCH3 is 1. The summed E-state index contributed by atoms with van der Waals surface area (Å²) < 4.78 is 13.2. The quantitative estimate of drug-likeness (QED) is 0.329. The van der Waals surface area contributed by atoms with E-state index in [0.29, 0.717) is 22.4 Å². The highest BCUT2D eigenvalue weighted by Gasteiger charge is 2.22. The molecule has 7 nitrogen and oxygen atoms in total. The van der Waals surface area contributed by atoms with Crippen molar-refractivity contribution in [2.24, 2.45) is 5.10 Å². The van der Waals surface area contributed by atoms with E-state index in [4.69, 9.17) is 19.7 Å². The first-order valence-electron chi connectivity index (χ1n) is 10.6. The first-order chi connectivity index (χ1) is 15.6. The molecule has 0 radical (unpaired) electrons. The SMILES string of the molecule is COc1cc(C=Nn2c(C3CCCCC3)nc3ccccc3c2=O)cc(I)c1OCC#N. The maximum Gasteiger partial charge on any atom is 0.282 e. The van der Waals surface area contributed by atoms with Gasteiger partial charge in [0, 0.05) is 5.92 Å². The van der Waals surface area contributed by atoms with Gasteiger partial charge in [-0.15, -0.1) is 0 Å². The van der Waals surface area contributed by atoms with Crippen LogP contribution < -0.4 is 15.0 Å². The van der Waals surface area contributed by atoms with Crippen LogP contribution in [0.3, 0.4) is 0 Å². The Morgan fingerprint density at radius 1 is 1.28 bits per heavy atom. The lowest BCUT2D eigenvalue weighted by Gasteiger charge is -2.22. The molecule has 1 heterocycles. The molecule has 3 aromatic rings. The van der Waals surface area contributed by atoms with Gasteiger partial charge in [-0.2, -0.15) is 15.0 Å². The zero-order valence-corrected chi connectivity index (χ0v) is 19.9. The number of fused-ring (bicyclic) bond motifs is 1. The second-order valence-corrected chi connectivity index (χ2v) is 8.83. The van der Waals surface area contributed by atoms with Crippen LogP contribution in [-0.4, -0.2) is 29.6 Å². The van der Waals surface area contributed by atoms with Gasteiger partial charge in [-0.3, -0.25) is 4.79 Å². The minimum atomic E-state index is -0.164. The molecule has 0 amide bonds. The van der Waals surface area contributed by atoms with Gasteiger partial charge in [0.25, 0.3) is 5.56 Å². The van der Waals surface area contributed by atoms with Crippen molar-refractivity contribution in [3.8, 4) is 17.6 Å². The van der Waals surface area contributed by atoms with Crippen molar-refractivity contribution >= 4 is 39.7 Å². The molecule has 0 unspecified atom stereocenters. The molecular weight excluding hydrogens is 519 g/mol. The molecule has 1 fully saturated rings. The van der Waals surface area contributed by atoms with Gasteiger partial charge in [0.05, 0.1) is 27.8 Å². The van der Waals surface area contributed by atoms with Crippen LogP contribution in [-0.2, 0) is 0 Å². The van der Waals surface area contributed by atoms with Gasteiger partial charge in [0.15, 0.2) is 18.1 Å². The molecule has 8 heteroatoms. The summed E-state index contributed by atoms with van der Waals surface area (Å²) >= 11 is 2.13. The van der Waals surface area contributed by atoms with Crippen molar-refractivity contribution in [1.82, 2.24) is 9.66 Å². The van der Waals surface area contributed by atoms with E-state index in [2.05, 4.69) is 27.7 Å². The third kappa shape index (κ3) is 4.63. The molecule has 0 aliphatic heterocycles. The average Bonchev–Trinajstić information content (AvgIpc) is 2.83. The summed E-state index contributed by atoms with van der Waals surface area (Å²) in [5.41, 5.74) is 1.30. The summed E-state index contributed by atoms with van der Waals surface area (Å²) in [5, 5.41) is 13.9. The van der Waals surface area contributed by atoms with Crippen LogP contribution in [0.15, 0.2) is 46.3 Å². The first-order valence-corrected chi connectivity index (χ1v) is 11.6. The molecule has 32 heavy (non-hydrogen) atoms. The molecule has 0 N–H and O–H groups in total. The average molecular weight is 542 g/mol. The van der Waals surface area contributed by atoms with Crippen molar-refractivity contribution in [1.29, 1.82) is 5.26 Å². The number of halogens is 1. The molecule has 164 valence electrons. The van der Waals surface area contributed by atoms with Crippen LogP contribution in [0.2, 0.25) is 0 Å². The third-order valence-corrected chi connectivity index (χ3v) is 6.41. The fraction of sp³-hybridized carbons (Fsp3) is 0.333. The Morgan fingerprint density at radius 2 is 2.06 bits per heavy atom. The zero-order chi connectivity index (χ0) is 22.5. The molecule has 0 bridgehead atoms. The summed E-state index contributed by atoms with van der Waals surface area (Å²) in [4.78, 5) is 18.2. The van der Waals surface area contributed by atoms with Gasteiger partial charge in [0.2, 0.25) is 0 Å². The van der Waals surface area contributed by atoms with E-state index >= 15 is 0 Å². The maximum absolute atomic E-state index is 13.3. The highest BCUT2D eigenvalue weighted by Crippen LogP contribution is 2.34. The van der Waals surface area contributed by atoms with E-state index in [-0.39, 0.29) is 18.1 Å². The molecule has 1 aliphatic rings. The van der Waals surface area contributed by atoms with Crippen LogP contribution in [0.5, 0.6) is 11.5 Å². The summed E-state index contributed by atoms with van der Waals surface area (Å²) in [6.07, 6.45) is 7.15. The Hall–Kier alpha value is -2.93. The molecule has 2 aromatic carbocycles. The summed E-state index contributed by atoms with van der Waals surface area (Å²) in [7, 11) is 1.55. The van der Waals surface area contributed by atoms with E-state index in [1.807, 2.05) is 30.3 Å². The zero-order valence-electron chi connectivity index (χ0n) is 17.8. The highest BCUT2D eigenvalue weighted by molar-refractivity contribution is 14.1. The Bertz CT molecular complexity index is 1260. The first kappa shape index (κ1) is 22.3. The second-order valence-electron chi connectivity index (χ2n) is 7.66. The number of rotatable bonds is 6. The van der Waals surface area contributed by atoms with Gasteiger partial charge >= 0.3 is 0 Å². The third-order valence-electron chi connectivity index (χ3n) is 5.60. The highest BCUT2D eigenvalue weighted by atomic mass is 127. The van der Waals surface area contributed by atoms with Crippen LogP contribution >= 0.6 is 22.6 Å². The van der Waals surface area contributed by atoms with Crippen molar-refractivity contribution in [3.05, 3.63) is 61.7 Å². The number of ether oxygens (including phenoxy) is 2. The van der Waals surface area contributed by atoms with Crippen LogP contribution in [0.1, 0.15) is 49.4 Å². The van der Waals surface area contributed by atoms with Gasteiger partial charge in [-0.25, -0.2) is 4.98 Å². The molecule has 0 saturated heterocycles. The van der Waals surface area contributed by atoms with E-state index < -0.39 is 0 Å². The lowest BCUT2D eigenvalue weighted by molar-refractivity contribution is 0.327. The number of benzene rings is 2.